The summed E-state index contributed by atoms with van der Waals surface area (Å²) in [6, 6.07) is 12.6. The van der Waals surface area contributed by atoms with Crippen molar-refractivity contribution in [1.82, 2.24) is 0 Å². The molecule has 9 heteroatoms. The van der Waals surface area contributed by atoms with Crippen LogP contribution in [0.15, 0.2) is 48.5 Å². The third-order valence-electron chi connectivity index (χ3n) is 3.83. The van der Waals surface area contributed by atoms with Gasteiger partial charge in [-0.3, -0.25) is 9.10 Å². The molecule has 0 atom stereocenters. The van der Waals surface area contributed by atoms with Gasteiger partial charge in [-0.15, -0.1) is 0 Å². The van der Waals surface area contributed by atoms with Gasteiger partial charge in [-0.25, -0.2) is 13.2 Å². The highest BCUT2D eigenvalue weighted by molar-refractivity contribution is 7.92. The van der Waals surface area contributed by atoms with Crippen LogP contribution in [0.25, 0.3) is 0 Å². The van der Waals surface area contributed by atoms with Crippen molar-refractivity contribution in [2.45, 2.75) is 0 Å². The molecular weight excluding hydrogens is 386 g/mol. The quantitative estimate of drug-likeness (QED) is 0.462. The monoisotopic (exact) mass is 407 g/mol. The molecule has 0 bridgehead atoms. The number of esters is 1. The van der Waals surface area contributed by atoms with E-state index < -0.39 is 28.4 Å². The molecule has 2 aromatic rings. The maximum Gasteiger partial charge on any atom is 0.344 e. The number of rotatable bonds is 9. The van der Waals surface area contributed by atoms with E-state index in [0.717, 1.165) is 10.6 Å². The summed E-state index contributed by atoms with van der Waals surface area (Å²) in [7, 11) is -0.429. The zero-order chi connectivity index (χ0) is 20.7. The molecular formula is C19H21NO7S. The third kappa shape index (κ3) is 5.98. The molecule has 0 aliphatic rings. The van der Waals surface area contributed by atoms with Gasteiger partial charge in [0.25, 0.3) is 0 Å². The molecule has 0 fully saturated rings. The van der Waals surface area contributed by atoms with Crippen molar-refractivity contribution in [3.8, 4) is 11.5 Å². The number of Topliss-reactive ketones (excluding diaryl/α,β-unsaturated/α-hetero) is 1. The highest BCUT2D eigenvalue weighted by Crippen LogP contribution is 2.18. The van der Waals surface area contributed by atoms with Crippen LogP contribution in [0.4, 0.5) is 5.69 Å². The standard InChI is InChI=1S/C19H21NO7S/c1-20(28(3,23)24)15-6-4-14(5-7-15)18(21)12-27-19(22)13-26-17-10-8-16(25-2)9-11-17/h4-11H,12-13H2,1-3H3. The van der Waals surface area contributed by atoms with E-state index >= 15 is 0 Å². The fourth-order valence-electron chi connectivity index (χ4n) is 2.13. The van der Waals surface area contributed by atoms with Crippen molar-refractivity contribution >= 4 is 27.5 Å². The van der Waals surface area contributed by atoms with Crippen molar-refractivity contribution in [2.75, 3.05) is 37.9 Å². The summed E-state index contributed by atoms with van der Waals surface area (Å²) < 4.78 is 39.3. The summed E-state index contributed by atoms with van der Waals surface area (Å²) in [6.45, 7) is -0.774. The van der Waals surface area contributed by atoms with Crippen LogP contribution in [-0.2, 0) is 19.6 Å². The minimum atomic E-state index is -3.39. The summed E-state index contributed by atoms with van der Waals surface area (Å²) in [5.41, 5.74) is 0.721. The number of benzene rings is 2. The fourth-order valence-corrected chi connectivity index (χ4v) is 2.64. The van der Waals surface area contributed by atoms with E-state index in [2.05, 4.69) is 0 Å². The van der Waals surface area contributed by atoms with Crippen molar-refractivity contribution < 1.29 is 32.2 Å². The number of hydrogen-bond donors (Lipinski definition) is 0. The van der Waals surface area contributed by atoms with Crippen molar-refractivity contribution in [2.24, 2.45) is 0 Å². The molecule has 0 aliphatic carbocycles. The van der Waals surface area contributed by atoms with E-state index in [4.69, 9.17) is 14.2 Å². The van der Waals surface area contributed by atoms with Crippen molar-refractivity contribution in [1.29, 1.82) is 0 Å². The molecule has 0 spiro atoms. The van der Waals surface area contributed by atoms with Crippen LogP contribution in [0.2, 0.25) is 0 Å². The Labute approximate surface area is 163 Å². The molecule has 0 amide bonds. The molecule has 0 aromatic heterocycles. The molecule has 0 aliphatic heterocycles. The van der Waals surface area contributed by atoms with Crippen LogP contribution < -0.4 is 13.8 Å². The number of carbonyl (C=O) groups is 2. The Bertz CT molecular complexity index is 922. The number of ketones is 1. The van der Waals surface area contributed by atoms with Crippen molar-refractivity contribution in [3.63, 3.8) is 0 Å². The first kappa shape index (κ1) is 21.2. The van der Waals surface area contributed by atoms with E-state index in [-0.39, 0.29) is 6.61 Å². The highest BCUT2D eigenvalue weighted by Gasteiger charge is 2.14. The van der Waals surface area contributed by atoms with E-state index in [9.17, 15) is 18.0 Å². The Morgan fingerprint density at radius 3 is 2.04 bits per heavy atom. The van der Waals surface area contributed by atoms with Crippen LogP contribution in [0.3, 0.4) is 0 Å². The van der Waals surface area contributed by atoms with Gasteiger partial charge < -0.3 is 14.2 Å². The minimum Gasteiger partial charge on any atom is -0.497 e. The first-order valence-corrected chi connectivity index (χ1v) is 10.0. The molecule has 0 N–H and O–H groups in total. The highest BCUT2D eigenvalue weighted by atomic mass is 32.2. The van der Waals surface area contributed by atoms with Gasteiger partial charge in [-0.2, -0.15) is 0 Å². The Morgan fingerprint density at radius 2 is 1.50 bits per heavy atom. The summed E-state index contributed by atoms with van der Waals surface area (Å²) in [6.07, 6.45) is 1.08. The van der Waals surface area contributed by atoms with E-state index in [1.165, 1.54) is 31.3 Å². The molecule has 28 heavy (non-hydrogen) atoms. The third-order valence-corrected chi connectivity index (χ3v) is 5.04. The summed E-state index contributed by atoms with van der Waals surface area (Å²) in [4.78, 5) is 23.8. The average molecular weight is 407 g/mol. The Kier molecular flexibility index (Phi) is 7.00. The second-order valence-electron chi connectivity index (χ2n) is 5.83. The van der Waals surface area contributed by atoms with E-state index in [1.54, 1.807) is 31.4 Å². The van der Waals surface area contributed by atoms with E-state index in [1.807, 2.05) is 0 Å². The topological polar surface area (TPSA) is 99.2 Å². The number of methoxy groups -OCH3 is 1. The fraction of sp³-hybridized carbons (Fsp3) is 0.263. The number of anilines is 1. The van der Waals surface area contributed by atoms with Gasteiger partial charge in [-0.05, 0) is 48.5 Å². The number of sulfonamides is 1. The lowest BCUT2D eigenvalue weighted by Crippen LogP contribution is -2.24. The lowest BCUT2D eigenvalue weighted by Gasteiger charge is -2.16. The lowest BCUT2D eigenvalue weighted by molar-refractivity contribution is -0.144. The summed E-state index contributed by atoms with van der Waals surface area (Å²) >= 11 is 0. The Morgan fingerprint density at radius 1 is 0.929 bits per heavy atom. The van der Waals surface area contributed by atoms with Gasteiger partial charge in [-0.1, -0.05) is 0 Å². The number of ether oxygens (including phenoxy) is 3. The van der Waals surface area contributed by atoms with Gasteiger partial charge in [0.05, 0.1) is 19.1 Å². The number of hydrogen-bond acceptors (Lipinski definition) is 7. The Balaban J connectivity index is 1.83. The maximum atomic E-state index is 12.1. The summed E-state index contributed by atoms with van der Waals surface area (Å²) in [5, 5.41) is 0. The second kappa shape index (κ2) is 9.23. The molecule has 0 unspecified atom stereocenters. The predicted molar refractivity (Wildman–Crippen MR) is 103 cm³/mol. The molecule has 0 saturated carbocycles. The van der Waals surface area contributed by atoms with E-state index in [0.29, 0.717) is 22.7 Å². The molecule has 150 valence electrons. The van der Waals surface area contributed by atoms with Gasteiger partial charge in [0.1, 0.15) is 11.5 Å². The molecule has 0 radical (unpaired) electrons. The zero-order valence-corrected chi connectivity index (χ0v) is 16.6. The first-order valence-electron chi connectivity index (χ1n) is 8.20. The lowest BCUT2D eigenvalue weighted by atomic mass is 10.1. The van der Waals surface area contributed by atoms with Gasteiger partial charge in [0.2, 0.25) is 10.0 Å². The second-order valence-corrected chi connectivity index (χ2v) is 7.84. The molecule has 0 heterocycles. The van der Waals surface area contributed by atoms with Crippen LogP contribution in [0, 0.1) is 0 Å². The first-order chi connectivity index (χ1) is 13.2. The van der Waals surface area contributed by atoms with Crippen LogP contribution in [0.1, 0.15) is 10.4 Å². The largest absolute Gasteiger partial charge is 0.497 e. The average Bonchev–Trinajstić information content (AvgIpc) is 2.69. The number of carbonyl (C=O) groups excluding carboxylic acids is 2. The molecule has 2 rings (SSSR count). The molecule has 0 saturated heterocycles. The maximum absolute atomic E-state index is 12.1. The van der Waals surface area contributed by atoms with Crippen LogP contribution in [-0.4, -0.2) is 53.8 Å². The smallest absolute Gasteiger partial charge is 0.344 e. The normalized spacial score (nSPS) is 10.8. The predicted octanol–water partition coefficient (Wildman–Crippen LogP) is 1.90. The van der Waals surface area contributed by atoms with Gasteiger partial charge in [0, 0.05) is 12.6 Å². The number of nitrogens with zero attached hydrogens (tertiary/aromatic N) is 1. The summed E-state index contributed by atoms with van der Waals surface area (Å²) in [5.74, 6) is 0.0351. The van der Waals surface area contributed by atoms with Gasteiger partial charge in [0.15, 0.2) is 19.0 Å². The Hall–Kier alpha value is -3.07. The van der Waals surface area contributed by atoms with Crippen LogP contribution in [0.5, 0.6) is 11.5 Å². The minimum absolute atomic E-state index is 0.300. The molecule has 8 nitrogen and oxygen atoms in total. The SMILES string of the molecule is COc1ccc(OCC(=O)OCC(=O)c2ccc(N(C)S(C)(=O)=O)cc2)cc1. The van der Waals surface area contributed by atoms with Crippen molar-refractivity contribution in [3.05, 3.63) is 54.1 Å². The zero-order valence-electron chi connectivity index (χ0n) is 15.7. The van der Waals surface area contributed by atoms with Gasteiger partial charge >= 0.3 is 5.97 Å². The van der Waals surface area contributed by atoms with Crippen LogP contribution >= 0.6 is 0 Å². The molecule has 2 aromatic carbocycles.